The molecule has 1 aromatic carbocycles. The Bertz CT molecular complexity index is 574. The van der Waals surface area contributed by atoms with Gasteiger partial charge in [0.15, 0.2) is 0 Å². The zero-order valence-electron chi connectivity index (χ0n) is 10.8. The number of fused-ring (bicyclic) bond motifs is 1. The summed E-state index contributed by atoms with van der Waals surface area (Å²) in [4.78, 5) is 0. The zero-order chi connectivity index (χ0) is 13.4. The third kappa shape index (κ3) is 2.64. The Morgan fingerprint density at radius 2 is 2.21 bits per heavy atom. The van der Waals surface area contributed by atoms with Crippen LogP contribution in [0.2, 0.25) is 5.02 Å². The summed E-state index contributed by atoms with van der Waals surface area (Å²) in [6.07, 6.45) is 1.36. The topological polar surface area (TPSA) is 42.6 Å². The molecule has 3 nitrogen and oxygen atoms in total. The lowest BCUT2D eigenvalue weighted by Crippen LogP contribution is -2.24. The summed E-state index contributed by atoms with van der Waals surface area (Å²) in [7, 11) is 0. The second kappa shape index (κ2) is 5.16. The molecule has 1 N–H and O–H groups in total. The van der Waals surface area contributed by atoms with E-state index in [1.807, 2.05) is 25.1 Å². The smallest absolute Gasteiger partial charge is 0.138 e. The highest BCUT2D eigenvalue weighted by molar-refractivity contribution is 6.31. The molecule has 2 aromatic rings. The second-order valence-electron chi connectivity index (χ2n) is 5.03. The first-order valence-corrected chi connectivity index (χ1v) is 7.05. The molecule has 0 spiro atoms. The van der Waals surface area contributed by atoms with Crippen LogP contribution in [-0.2, 0) is 4.74 Å². The van der Waals surface area contributed by atoms with E-state index in [1.54, 1.807) is 6.07 Å². The largest absolute Gasteiger partial charge is 0.458 e. The average Bonchev–Trinajstić information content (AvgIpc) is 3.14. The van der Waals surface area contributed by atoms with Crippen molar-refractivity contribution in [1.82, 2.24) is 0 Å². The van der Waals surface area contributed by atoms with Crippen molar-refractivity contribution in [3.63, 3.8) is 0 Å². The molecule has 2 atom stereocenters. The molecule has 2 unspecified atom stereocenters. The number of hydrogen-bond donors (Lipinski definition) is 1. The minimum atomic E-state index is -0.710. The summed E-state index contributed by atoms with van der Waals surface area (Å²) in [5.41, 5.74) is 0.740. The summed E-state index contributed by atoms with van der Waals surface area (Å²) in [6, 6.07) is 7.29. The number of hydrogen-bond acceptors (Lipinski definition) is 3. The van der Waals surface area contributed by atoms with Crippen LogP contribution < -0.4 is 0 Å². The fourth-order valence-electron chi connectivity index (χ4n) is 2.44. The maximum atomic E-state index is 10.4. The van der Waals surface area contributed by atoms with Crippen molar-refractivity contribution in [2.45, 2.75) is 32.0 Å². The molecule has 1 saturated carbocycles. The standard InChI is InChI=1S/C15H17ClO3/c1-2-18-15(9-3-4-9)14(17)13-8-10-7-11(16)5-6-12(10)19-13/h5-9,14-15,17H,2-4H2,1H3. The molecular weight excluding hydrogens is 264 g/mol. The number of ether oxygens (including phenoxy) is 1. The van der Waals surface area contributed by atoms with E-state index in [1.165, 1.54) is 0 Å². The fraction of sp³-hybridized carbons (Fsp3) is 0.467. The van der Waals surface area contributed by atoms with E-state index in [-0.39, 0.29) is 6.10 Å². The Hall–Kier alpha value is -1.03. The molecule has 0 bridgehead atoms. The quantitative estimate of drug-likeness (QED) is 0.902. The summed E-state index contributed by atoms with van der Waals surface area (Å²) >= 11 is 5.95. The highest BCUT2D eigenvalue weighted by atomic mass is 35.5. The van der Waals surface area contributed by atoms with Gasteiger partial charge in [-0.3, -0.25) is 0 Å². The van der Waals surface area contributed by atoms with Crippen LogP contribution in [0.5, 0.6) is 0 Å². The van der Waals surface area contributed by atoms with Gasteiger partial charge < -0.3 is 14.3 Å². The molecule has 0 amide bonds. The van der Waals surface area contributed by atoms with E-state index < -0.39 is 6.10 Å². The van der Waals surface area contributed by atoms with E-state index in [9.17, 15) is 5.11 Å². The van der Waals surface area contributed by atoms with Crippen LogP contribution in [0.3, 0.4) is 0 Å². The van der Waals surface area contributed by atoms with Crippen molar-refractivity contribution >= 4 is 22.6 Å². The maximum absolute atomic E-state index is 10.4. The van der Waals surface area contributed by atoms with Crippen molar-refractivity contribution in [3.8, 4) is 0 Å². The van der Waals surface area contributed by atoms with Gasteiger partial charge in [0.1, 0.15) is 17.4 Å². The minimum absolute atomic E-state index is 0.166. The Labute approximate surface area is 117 Å². The lowest BCUT2D eigenvalue weighted by atomic mass is 10.1. The third-order valence-electron chi connectivity index (χ3n) is 3.55. The monoisotopic (exact) mass is 280 g/mol. The number of aliphatic hydroxyl groups is 1. The van der Waals surface area contributed by atoms with Gasteiger partial charge in [-0.05, 0) is 49.9 Å². The van der Waals surface area contributed by atoms with Gasteiger partial charge in [-0.25, -0.2) is 0 Å². The van der Waals surface area contributed by atoms with Crippen LogP contribution in [0.15, 0.2) is 28.7 Å². The van der Waals surface area contributed by atoms with Crippen molar-refractivity contribution < 1.29 is 14.3 Å². The summed E-state index contributed by atoms with van der Waals surface area (Å²) in [5, 5.41) is 12.0. The van der Waals surface area contributed by atoms with Crippen molar-refractivity contribution in [2.75, 3.05) is 6.61 Å². The number of rotatable bonds is 5. The fourth-order valence-corrected chi connectivity index (χ4v) is 2.63. The molecule has 1 aliphatic rings. The van der Waals surface area contributed by atoms with Crippen LogP contribution in [-0.4, -0.2) is 17.8 Å². The SMILES string of the molecule is CCOC(C1CC1)C(O)c1cc2cc(Cl)ccc2o1. The highest BCUT2D eigenvalue weighted by Gasteiger charge is 2.38. The van der Waals surface area contributed by atoms with Crippen molar-refractivity contribution in [3.05, 3.63) is 35.0 Å². The number of benzene rings is 1. The highest BCUT2D eigenvalue weighted by Crippen LogP contribution is 2.41. The van der Waals surface area contributed by atoms with Gasteiger partial charge in [0.25, 0.3) is 0 Å². The normalized spacial score (nSPS) is 18.7. The second-order valence-corrected chi connectivity index (χ2v) is 5.47. The summed E-state index contributed by atoms with van der Waals surface area (Å²) in [6.45, 7) is 2.55. The summed E-state index contributed by atoms with van der Waals surface area (Å²) < 4.78 is 11.4. The third-order valence-corrected chi connectivity index (χ3v) is 3.78. The number of furan rings is 1. The molecule has 1 aromatic heterocycles. The Balaban J connectivity index is 1.89. The minimum Gasteiger partial charge on any atom is -0.458 e. The molecule has 1 heterocycles. The lowest BCUT2D eigenvalue weighted by molar-refractivity contribution is -0.0538. The van der Waals surface area contributed by atoms with Crippen molar-refractivity contribution in [1.29, 1.82) is 0 Å². The summed E-state index contributed by atoms with van der Waals surface area (Å²) in [5.74, 6) is 1.01. The maximum Gasteiger partial charge on any atom is 0.138 e. The first kappa shape index (κ1) is 13.0. The Kier molecular flexibility index (Phi) is 3.52. The Morgan fingerprint density at radius 1 is 1.42 bits per heavy atom. The van der Waals surface area contributed by atoms with E-state index in [4.69, 9.17) is 20.8 Å². The van der Waals surface area contributed by atoms with Crippen molar-refractivity contribution in [2.24, 2.45) is 5.92 Å². The Morgan fingerprint density at radius 3 is 2.89 bits per heavy atom. The molecule has 19 heavy (non-hydrogen) atoms. The van der Waals surface area contributed by atoms with Gasteiger partial charge in [-0.1, -0.05) is 11.6 Å². The van der Waals surface area contributed by atoms with E-state index in [0.29, 0.717) is 23.3 Å². The molecule has 4 heteroatoms. The van der Waals surface area contributed by atoms with Crippen LogP contribution in [0, 0.1) is 5.92 Å². The molecule has 0 aliphatic heterocycles. The van der Waals surface area contributed by atoms with Gasteiger partial charge in [0, 0.05) is 17.0 Å². The van der Waals surface area contributed by atoms with Gasteiger partial charge in [0.05, 0.1) is 6.10 Å². The van der Waals surface area contributed by atoms with Gasteiger partial charge in [-0.15, -0.1) is 0 Å². The van der Waals surface area contributed by atoms with E-state index in [0.717, 1.165) is 23.8 Å². The molecule has 0 radical (unpaired) electrons. The molecule has 1 fully saturated rings. The van der Waals surface area contributed by atoms with Crippen LogP contribution >= 0.6 is 11.6 Å². The molecule has 3 rings (SSSR count). The first-order chi connectivity index (χ1) is 9.19. The van der Waals surface area contributed by atoms with E-state index in [2.05, 4.69) is 0 Å². The zero-order valence-corrected chi connectivity index (χ0v) is 11.6. The molecular formula is C15H17ClO3. The van der Waals surface area contributed by atoms with Gasteiger partial charge in [0.2, 0.25) is 0 Å². The van der Waals surface area contributed by atoms with Crippen LogP contribution in [0.1, 0.15) is 31.6 Å². The predicted molar refractivity (Wildman–Crippen MR) is 74.3 cm³/mol. The van der Waals surface area contributed by atoms with Gasteiger partial charge >= 0.3 is 0 Å². The number of halogens is 1. The molecule has 0 saturated heterocycles. The average molecular weight is 281 g/mol. The molecule has 1 aliphatic carbocycles. The van der Waals surface area contributed by atoms with E-state index >= 15 is 0 Å². The van der Waals surface area contributed by atoms with Crippen LogP contribution in [0.4, 0.5) is 0 Å². The van der Waals surface area contributed by atoms with Gasteiger partial charge in [-0.2, -0.15) is 0 Å². The first-order valence-electron chi connectivity index (χ1n) is 6.67. The molecule has 102 valence electrons. The number of aliphatic hydroxyl groups excluding tert-OH is 1. The predicted octanol–water partition coefficient (Wildman–Crippen LogP) is 3.93. The van der Waals surface area contributed by atoms with Crippen LogP contribution in [0.25, 0.3) is 11.0 Å². The lowest BCUT2D eigenvalue weighted by Gasteiger charge is -2.20.